The lowest BCUT2D eigenvalue weighted by atomic mass is 9.87. The van der Waals surface area contributed by atoms with Crippen molar-refractivity contribution in [2.24, 2.45) is 5.84 Å². The normalized spacial score (nSPS) is 18.6. The number of hydrogen-bond acceptors (Lipinski definition) is 3. The molecule has 1 aromatic carbocycles. The van der Waals surface area contributed by atoms with Crippen molar-refractivity contribution in [2.75, 3.05) is 0 Å². The van der Waals surface area contributed by atoms with E-state index in [0.717, 1.165) is 22.7 Å². The molecule has 1 aliphatic rings. The van der Waals surface area contributed by atoms with Gasteiger partial charge in [-0.05, 0) is 29.9 Å². The Morgan fingerprint density at radius 1 is 1.22 bits per heavy atom. The van der Waals surface area contributed by atoms with E-state index in [0.29, 0.717) is 0 Å². The van der Waals surface area contributed by atoms with Crippen molar-refractivity contribution < 1.29 is 0 Å². The lowest BCUT2D eigenvalue weighted by molar-refractivity contribution is 0.446. The Bertz CT molecular complexity index is 534. The molecule has 3 rings (SSSR count). The molecule has 0 amide bonds. The molecule has 4 heteroatoms. The van der Waals surface area contributed by atoms with Crippen LogP contribution in [0, 0.1) is 0 Å². The number of hydrogen-bond donors (Lipinski definition) is 2. The van der Waals surface area contributed by atoms with Gasteiger partial charge in [-0.2, -0.15) is 0 Å². The van der Waals surface area contributed by atoms with Crippen LogP contribution in [0.15, 0.2) is 41.8 Å². The third kappa shape index (κ3) is 1.88. The summed E-state index contributed by atoms with van der Waals surface area (Å²) in [5.41, 5.74) is 4.43. The number of rotatable bonds is 4. The van der Waals surface area contributed by atoms with E-state index in [1.807, 2.05) is 17.5 Å². The third-order valence-corrected chi connectivity index (χ3v) is 5.19. The summed E-state index contributed by atoms with van der Waals surface area (Å²) in [4.78, 5) is 1.14. The van der Waals surface area contributed by atoms with Crippen LogP contribution in [0.2, 0.25) is 5.02 Å². The van der Waals surface area contributed by atoms with Crippen LogP contribution in [0.3, 0.4) is 0 Å². The summed E-state index contributed by atoms with van der Waals surface area (Å²) in [6.45, 7) is 0. The monoisotopic (exact) mass is 278 g/mol. The van der Waals surface area contributed by atoms with Crippen LogP contribution in [-0.4, -0.2) is 0 Å². The Morgan fingerprint density at radius 2 is 1.94 bits per heavy atom. The second-order valence-corrected chi connectivity index (χ2v) is 6.11. The minimum atomic E-state index is 0.104. The van der Waals surface area contributed by atoms with E-state index in [9.17, 15) is 0 Å². The van der Waals surface area contributed by atoms with Gasteiger partial charge in [-0.3, -0.25) is 11.3 Å². The van der Waals surface area contributed by atoms with Gasteiger partial charge in [0.25, 0.3) is 0 Å². The van der Waals surface area contributed by atoms with Gasteiger partial charge >= 0.3 is 0 Å². The van der Waals surface area contributed by atoms with Gasteiger partial charge in [0.15, 0.2) is 0 Å². The summed E-state index contributed by atoms with van der Waals surface area (Å²) in [7, 11) is 0. The highest BCUT2D eigenvalue weighted by Crippen LogP contribution is 2.57. The van der Waals surface area contributed by atoms with Gasteiger partial charge in [-0.25, -0.2) is 0 Å². The molecule has 1 heterocycles. The Balaban J connectivity index is 2.00. The van der Waals surface area contributed by atoms with E-state index < -0.39 is 0 Å². The Hall–Kier alpha value is -0.870. The second-order valence-electron chi connectivity index (χ2n) is 4.75. The van der Waals surface area contributed by atoms with Crippen molar-refractivity contribution in [1.82, 2.24) is 5.43 Å². The fraction of sp³-hybridized carbons (Fsp3) is 0.286. The van der Waals surface area contributed by atoms with Gasteiger partial charge in [0.1, 0.15) is 0 Å². The highest BCUT2D eigenvalue weighted by molar-refractivity contribution is 7.10. The molecule has 1 atom stereocenters. The van der Waals surface area contributed by atoms with Crippen LogP contribution in [0.5, 0.6) is 0 Å². The molecule has 0 spiro atoms. The average Bonchev–Trinajstić information content (AvgIpc) is 3.10. The van der Waals surface area contributed by atoms with Crippen molar-refractivity contribution in [3.63, 3.8) is 0 Å². The topological polar surface area (TPSA) is 38.0 Å². The van der Waals surface area contributed by atoms with Gasteiger partial charge in [0.2, 0.25) is 0 Å². The summed E-state index contributed by atoms with van der Waals surface area (Å²) in [6, 6.07) is 12.6. The van der Waals surface area contributed by atoms with Crippen LogP contribution in [-0.2, 0) is 5.41 Å². The number of thiophene rings is 1. The van der Waals surface area contributed by atoms with E-state index in [2.05, 4.69) is 29.7 Å². The molecule has 0 radical (unpaired) electrons. The lowest BCUT2D eigenvalue weighted by Gasteiger charge is -2.26. The van der Waals surface area contributed by atoms with Crippen LogP contribution < -0.4 is 11.3 Å². The standard InChI is InChI=1S/C14H15ClN2S/c15-11-6-9-18-12(11)13(17-16)14(7-8-14)10-4-2-1-3-5-10/h1-6,9,13,17H,7-8,16H2. The van der Waals surface area contributed by atoms with Crippen molar-refractivity contribution in [3.8, 4) is 0 Å². The van der Waals surface area contributed by atoms with E-state index in [-0.39, 0.29) is 11.5 Å². The smallest absolute Gasteiger partial charge is 0.0664 e. The summed E-state index contributed by atoms with van der Waals surface area (Å²) < 4.78 is 0. The molecule has 0 bridgehead atoms. The Labute approximate surface area is 116 Å². The van der Waals surface area contributed by atoms with Gasteiger partial charge in [0, 0.05) is 10.3 Å². The zero-order valence-electron chi connectivity index (χ0n) is 9.90. The zero-order valence-corrected chi connectivity index (χ0v) is 11.5. The van der Waals surface area contributed by atoms with Crippen LogP contribution >= 0.6 is 22.9 Å². The molecule has 0 saturated heterocycles. The van der Waals surface area contributed by atoms with E-state index in [1.165, 1.54) is 5.56 Å². The molecule has 0 aliphatic heterocycles. The lowest BCUT2D eigenvalue weighted by Crippen LogP contribution is -2.36. The maximum Gasteiger partial charge on any atom is 0.0664 e. The van der Waals surface area contributed by atoms with Crippen LogP contribution in [0.25, 0.3) is 0 Å². The summed E-state index contributed by atoms with van der Waals surface area (Å²) in [5.74, 6) is 5.79. The minimum absolute atomic E-state index is 0.104. The average molecular weight is 279 g/mol. The van der Waals surface area contributed by atoms with Crippen molar-refractivity contribution >= 4 is 22.9 Å². The van der Waals surface area contributed by atoms with Gasteiger partial charge in [-0.1, -0.05) is 41.9 Å². The molecule has 1 unspecified atom stereocenters. The molecule has 1 aliphatic carbocycles. The SMILES string of the molecule is NNC(c1sccc1Cl)C1(c2ccccc2)CC1. The zero-order chi connectivity index (χ0) is 12.6. The Kier molecular flexibility index (Phi) is 3.16. The molecule has 3 N–H and O–H groups in total. The number of hydrazine groups is 1. The maximum atomic E-state index is 6.25. The van der Waals surface area contributed by atoms with Crippen molar-refractivity contribution in [2.45, 2.75) is 24.3 Å². The fourth-order valence-electron chi connectivity index (χ4n) is 2.65. The molecule has 2 aromatic rings. The molecular weight excluding hydrogens is 264 g/mol. The van der Waals surface area contributed by atoms with Gasteiger partial charge < -0.3 is 0 Å². The molecule has 2 nitrogen and oxygen atoms in total. The quantitative estimate of drug-likeness (QED) is 0.662. The predicted molar refractivity (Wildman–Crippen MR) is 76.7 cm³/mol. The molecule has 1 saturated carbocycles. The first-order valence-corrected chi connectivity index (χ1v) is 7.28. The summed E-state index contributed by atoms with van der Waals surface area (Å²) in [6.07, 6.45) is 2.31. The summed E-state index contributed by atoms with van der Waals surface area (Å²) in [5, 5.41) is 2.83. The highest BCUT2D eigenvalue weighted by Gasteiger charge is 2.51. The van der Waals surface area contributed by atoms with E-state index >= 15 is 0 Å². The van der Waals surface area contributed by atoms with Crippen molar-refractivity contribution in [3.05, 3.63) is 57.2 Å². The first-order valence-electron chi connectivity index (χ1n) is 6.02. The largest absolute Gasteiger partial charge is 0.271 e. The van der Waals surface area contributed by atoms with E-state index in [1.54, 1.807) is 11.3 Å². The second kappa shape index (κ2) is 4.67. The third-order valence-electron chi connectivity index (χ3n) is 3.76. The minimum Gasteiger partial charge on any atom is -0.271 e. The number of halogens is 1. The number of nitrogens with two attached hydrogens (primary N) is 1. The molecule has 94 valence electrons. The predicted octanol–water partition coefficient (Wildman–Crippen LogP) is 3.64. The summed E-state index contributed by atoms with van der Waals surface area (Å²) >= 11 is 7.92. The first-order chi connectivity index (χ1) is 8.78. The fourth-order valence-corrected chi connectivity index (χ4v) is 3.99. The first kappa shape index (κ1) is 12.2. The van der Waals surface area contributed by atoms with E-state index in [4.69, 9.17) is 17.4 Å². The molecule has 1 aromatic heterocycles. The van der Waals surface area contributed by atoms with Gasteiger partial charge in [0.05, 0.1) is 11.1 Å². The Morgan fingerprint density at radius 3 is 2.44 bits per heavy atom. The number of benzene rings is 1. The highest BCUT2D eigenvalue weighted by atomic mass is 35.5. The maximum absolute atomic E-state index is 6.25. The number of nitrogens with one attached hydrogen (secondary N) is 1. The van der Waals surface area contributed by atoms with Gasteiger partial charge in [-0.15, -0.1) is 11.3 Å². The molecule has 18 heavy (non-hydrogen) atoms. The molecule has 1 fully saturated rings. The molecular formula is C14H15ClN2S. The van der Waals surface area contributed by atoms with Crippen molar-refractivity contribution in [1.29, 1.82) is 0 Å². The van der Waals surface area contributed by atoms with Crippen LogP contribution in [0.1, 0.15) is 29.3 Å². The van der Waals surface area contributed by atoms with Crippen LogP contribution in [0.4, 0.5) is 0 Å².